The van der Waals surface area contributed by atoms with E-state index in [1.807, 2.05) is 0 Å². The first-order valence-corrected chi connectivity index (χ1v) is 5.75. The normalized spacial score (nSPS) is 11.9. The molecular formula is C11H15N3O5. The van der Waals surface area contributed by atoms with Crippen molar-refractivity contribution in [3.05, 3.63) is 38.3 Å². The van der Waals surface area contributed by atoms with E-state index in [4.69, 9.17) is 5.11 Å². The lowest BCUT2D eigenvalue weighted by molar-refractivity contribution is -0.385. The molecule has 1 unspecified atom stereocenters. The van der Waals surface area contributed by atoms with Crippen LogP contribution in [0, 0.1) is 10.1 Å². The Hall–Kier alpha value is -2.22. The number of hydrogen-bond donors (Lipinski definition) is 3. The van der Waals surface area contributed by atoms with Crippen LogP contribution in [-0.4, -0.2) is 33.6 Å². The van der Waals surface area contributed by atoms with E-state index in [0.717, 1.165) is 12.3 Å². The third-order valence-corrected chi connectivity index (χ3v) is 2.43. The predicted molar refractivity (Wildman–Crippen MR) is 67.0 cm³/mol. The van der Waals surface area contributed by atoms with Crippen molar-refractivity contribution in [2.45, 2.75) is 25.9 Å². The standard InChI is InChI=1S/C11H15N3O5/c1-7(15)3-2-4-12-10(16)9-5-8(14(18)19)6-13-11(9)17/h5-7,15H,2-4H2,1H3,(H,12,16)(H,13,17). The summed E-state index contributed by atoms with van der Waals surface area (Å²) in [6.07, 6.45) is 1.55. The Kier molecular flexibility index (Phi) is 5.19. The summed E-state index contributed by atoms with van der Waals surface area (Å²) >= 11 is 0. The van der Waals surface area contributed by atoms with E-state index in [9.17, 15) is 19.7 Å². The van der Waals surface area contributed by atoms with Gasteiger partial charge in [-0.25, -0.2) is 0 Å². The van der Waals surface area contributed by atoms with E-state index in [-0.39, 0.29) is 17.8 Å². The van der Waals surface area contributed by atoms with E-state index >= 15 is 0 Å². The summed E-state index contributed by atoms with van der Waals surface area (Å²) < 4.78 is 0. The maximum absolute atomic E-state index is 11.7. The number of carbonyl (C=O) groups is 1. The predicted octanol–water partition coefficient (Wildman–Crippen LogP) is 0.174. The molecule has 0 aliphatic heterocycles. The van der Waals surface area contributed by atoms with Gasteiger partial charge >= 0.3 is 0 Å². The lowest BCUT2D eigenvalue weighted by Crippen LogP contribution is -2.30. The molecule has 0 aromatic carbocycles. The number of aromatic nitrogens is 1. The van der Waals surface area contributed by atoms with Gasteiger partial charge < -0.3 is 15.4 Å². The summed E-state index contributed by atoms with van der Waals surface area (Å²) in [4.78, 5) is 35.1. The Morgan fingerprint density at radius 1 is 1.63 bits per heavy atom. The lowest BCUT2D eigenvalue weighted by atomic mass is 10.2. The number of H-pyrrole nitrogens is 1. The average Bonchev–Trinajstić information content (AvgIpc) is 2.34. The molecule has 8 heteroatoms. The number of hydrogen-bond acceptors (Lipinski definition) is 5. The van der Waals surface area contributed by atoms with E-state index in [1.54, 1.807) is 6.92 Å². The fourth-order valence-corrected chi connectivity index (χ4v) is 1.44. The number of aliphatic hydroxyl groups is 1. The fraction of sp³-hybridized carbons (Fsp3) is 0.455. The van der Waals surface area contributed by atoms with Crippen LogP contribution >= 0.6 is 0 Å². The molecule has 0 spiro atoms. The number of nitrogens with zero attached hydrogens (tertiary/aromatic N) is 1. The monoisotopic (exact) mass is 269 g/mol. The molecule has 1 heterocycles. The van der Waals surface area contributed by atoms with Gasteiger partial charge in [0.05, 0.1) is 17.2 Å². The van der Waals surface area contributed by atoms with Gasteiger partial charge in [0.2, 0.25) is 0 Å². The highest BCUT2D eigenvalue weighted by Crippen LogP contribution is 2.08. The minimum atomic E-state index is -0.694. The summed E-state index contributed by atoms with van der Waals surface area (Å²) in [5.41, 5.74) is -1.33. The molecule has 1 aromatic rings. The van der Waals surface area contributed by atoms with Crippen LogP contribution in [0.4, 0.5) is 5.69 Å². The maximum atomic E-state index is 11.7. The molecule has 0 aliphatic rings. The largest absolute Gasteiger partial charge is 0.393 e. The van der Waals surface area contributed by atoms with Gasteiger partial charge in [0, 0.05) is 12.6 Å². The molecule has 0 saturated heterocycles. The number of carbonyl (C=O) groups excluding carboxylic acids is 1. The minimum Gasteiger partial charge on any atom is -0.393 e. The third kappa shape index (κ3) is 4.51. The van der Waals surface area contributed by atoms with E-state index < -0.39 is 22.5 Å². The summed E-state index contributed by atoms with van der Waals surface area (Å²) in [5, 5.41) is 22.0. The zero-order chi connectivity index (χ0) is 14.4. The topological polar surface area (TPSA) is 125 Å². The molecule has 19 heavy (non-hydrogen) atoms. The molecule has 3 N–H and O–H groups in total. The zero-order valence-electron chi connectivity index (χ0n) is 10.4. The molecule has 0 saturated carbocycles. The number of amides is 1. The molecule has 0 radical (unpaired) electrons. The first-order chi connectivity index (χ1) is 8.91. The second kappa shape index (κ2) is 6.64. The molecule has 8 nitrogen and oxygen atoms in total. The Bertz CT molecular complexity index is 523. The maximum Gasteiger partial charge on any atom is 0.286 e. The molecule has 1 rings (SSSR count). The number of rotatable bonds is 6. The highest BCUT2D eigenvalue weighted by atomic mass is 16.6. The molecular weight excluding hydrogens is 254 g/mol. The lowest BCUT2D eigenvalue weighted by Gasteiger charge is -2.06. The van der Waals surface area contributed by atoms with Gasteiger partial charge in [0.25, 0.3) is 17.2 Å². The van der Waals surface area contributed by atoms with Gasteiger partial charge in [0.15, 0.2) is 0 Å². The number of pyridine rings is 1. The summed E-state index contributed by atoms with van der Waals surface area (Å²) in [6.45, 7) is 1.92. The van der Waals surface area contributed by atoms with Crippen molar-refractivity contribution in [1.82, 2.24) is 10.3 Å². The third-order valence-electron chi connectivity index (χ3n) is 2.43. The van der Waals surface area contributed by atoms with Gasteiger partial charge in [-0.05, 0) is 19.8 Å². The van der Waals surface area contributed by atoms with Gasteiger partial charge in [-0.2, -0.15) is 0 Å². The Balaban J connectivity index is 2.68. The molecule has 0 fully saturated rings. The number of aromatic amines is 1. The highest BCUT2D eigenvalue weighted by molar-refractivity contribution is 5.94. The van der Waals surface area contributed by atoms with E-state index in [1.165, 1.54) is 0 Å². The molecule has 0 bridgehead atoms. The van der Waals surface area contributed by atoms with Gasteiger partial charge in [-0.1, -0.05) is 0 Å². The van der Waals surface area contributed by atoms with Crippen molar-refractivity contribution < 1.29 is 14.8 Å². The SMILES string of the molecule is CC(O)CCCNC(=O)c1cc([N+](=O)[O-])c[nH]c1=O. The van der Waals surface area contributed by atoms with Crippen LogP contribution in [0.25, 0.3) is 0 Å². The van der Waals surface area contributed by atoms with E-state index in [0.29, 0.717) is 12.8 Å². The van der Waals surface area contributed by atoms with E-state index in [2.05, 4.69) is 10.3 Å². The van der Waals surface area contributed by atoms with Crippen molar-refractivity contribution in [2.75, 3.05) is 6.54 Å². The van der Waals surface area contributed by atoms with Crippen LogP contribution in [-0.2, 0) is 0 Å². The van der Waals surface area contributed by atoms with Crippen LogP contribution in [0.15, 0.2) is 17.1 Å². The van der Waals surface area contributed by atoms with Crippen molar-refractivity contribution in [2.24, 2.45) is 0 Å². The van der Waals surface area contributed by atoms with Crippen LogP contribution < -0.4 is 10.9 Å². The van der Waals surface area contributed by atoms with Gasteiger partial charge in [-0.15, -0.1) is 0 Å². The summed E-state index contributed by atoms with van der Waals surface area (Å²) in [6, 6.07) is 0.933. The zero-order valence-corrected chi connectivity index (χ0v) is 10.4. The fourth-order valence-electron chi connectivity index (χ4n) is 1.44. The molecule has 0 aliphatic carbocycles. The van der Waals surface area contributed by atoms with Crippen LogP contribution in [0.3, 0.4) is 0 Å². The number of aliphatic hydroxyl groups excluding tert-OH is 1. The van der Waals surface area contributed by atoms with Crippen LogP contribution in [0.1, 0.15) is 30.1 Å². The molecule has 1 atom stereocenters. The average molecular weight is 269 g/mol. The first kappa shape index (κ1) is 14.8. The van der Waals surface area contributed by atoms with Crippen molar-refractivity contribution >= 4 is 11.6 Å². The van der Waals surface area contributed by atoms with Crippen molar-refractivity contribution in [1.29, 1.82) is 0 Å². The minimum absolute atomic E-state index is 0.284. The second-order valence-corrected chi connectivity index (χ2v) is 4.10. The molecule has 1 aromatic heterocycles. The van der Waals surface area contributed by atoms with Crippen LogP contribution in [0.5, 0.6) is 0 Å². The second-order valence-electron chi connectivity index (χ2n) is 4.10. The Labute approximate surface area is 108 Å². The molecule has 104 valence electrons. The quantitative estimate of drug-likeness (QED) is 0.385. The summed E-state index contributed by atoms with van der Waals surface area (Å²) in [5.74, 6) is -0.671. The Morgan fingerprint density at radius 3 is 2.89 bits per heavy atom. The summed E-state index contributed by atoms with van der Waals surface area (Å²) in [7, 11) is 0. The Morgan fingerprint density at radius 2 is 2.32 bits per heavy atom. The smallest absolute Gasteiger partial charge is 0.286 e. The number of nitro groups is 1. The number of nitrogens with one attached hydrogen (secondary N) is 2. The van der Waals surface area contributed by atoms with Crippen molar-refractivity contribution in [3.63, 3.8) is 0 Å². The first-order valence-electron chi connectivity index (χ1n) is 5.75. The van der Waals surface area contributed by atoms with Gasteiger partial charge in [-0.3, -0.25) is 19.7 Å². The highest BCUT2D eigenvalue weighted by Gasteiger charge is 2.15. The van der Waals surface area contributed by atoms with Crippen molar-refractivity contribution in [3.8, 4) is 0 Å². The van der Waals surface area contributed by atoms with Crippen LogP contribution in [0.2, 0.25) is 0 Å². The van der Waals surface area contributed by atoms with Gasteiger partial charge in [0.1, 0.15) is 5.56 Å². The molecule has 1 amide bonds.